The maximum atomic E-state index is 13.6. The summed E-state index contributed by atoms with van der Waals surface area (Å²) in [4.78, 5) is 17.4. The Morgan fingerprint density at radius 3 is 2.21 bits per heavy atom. The number of alkyl halides is 3. The molecule has 1 unspecified atom stereocenters. The Kier molecular flexibility index (Phi) is 7.31. The highest BCUT2D eigenvalue weighted by Crippen LogP contribution is 2.43. The summed E-state index contributed by atoms with van der Waals surface area (Å²) >= 11 is 0.639. The molecule has 13 heteroatoms. The van der Waals surface area contributed by atoms with Crippen molar-refractivity contribution in [3.8, 4) is 0 Å². The first-order valence-electron chi connectivity index (χ1n) is 9.11. The smallest absolute Gasteiger partial charge is 0.374 e. The summed E-state index contributed by atoms with van der Waals surface area (Å²) in [7, 11) is -3.68. The zero-order chi connectivity index (χ0) is 22.0. The van der Waals surface area contributed by atoms with Crippen molar-refractivity contribution < 1.29 is 31.5 Å². The molecule has 2 heterocycles. The number of rotatable bonds is 7. The molecule has 0 aromatic carbocycles. The van der Waals surface area contributed by atoms with Crippen LogP contribution in [-0.4, -0.2) is 83.4 Å². The van der Waals surface area contributed by atoms with Gasteiger partial charge in [-0.15, -0.1) is 11.3 Å². The van der Waals surface area contributed by atoms with Crippen molar-refractivity contribution in [1.29, 1.82) is 0 Å². The van der Waals surface area contributed by atoms with Crippen LogP contribution in [0.1, 0.15) is 31.0 Å². The molecule has 1 atom stereocenters. The number of aliphatic hydroxyl groups is 1. The van der Waals surface area contributed by atoms with E-state index >= 15 is 0 Å². The monoisotopic (exact) mass is 458 g/mol. The van der Waals surface area contributed by atoms with Crippen LogP contribution in [0.5, 0.6) is 0 Å². The Morgan fingerprint density at radius 2 is 1.79 bits per heavy atom. The normalized spacial score (nSPS) is 18.8. The number of aryl methyl sites for hydroxylation is 1. The van der Waals surface area contributed by atoms with Gasteiger partial charge in [-0.25, -0.2) is 4.98 Å². The first kappa shape index (κ1) is 24.0. The standard InChI is InChI=1S/C16H25F3N4O4S2/c1-4-22(5-2)29(26,27)23-8-6-21(7-9-23)13(24)10-15(25,16(17,18)19)14-20-12(3)11-28-14/h11,25H,4-10H2,1-3H3. The van der Waals surface area contributed by atoms with Crippen molar-refractivity contribution in [3.05, 3.63) is 16.1 Å². The zero-order valence-corrected chi connectivity index (χ0v) is 18.1. The molecule has 166 valence electrons. The number of carbonyl (C=O) groups excluding carboxylic acids is 1. The Hall–Kier alpha value is -1.28. The van der Waals surface area contributed by atoms with Crippen molar-refractivity contribution >= 4 is 27.5 Å². The lowest BCUT2D eigenvalue weighted by Gasteiger charge is -2.37. The molecule has 0 spiro atoms. The van der Waals surface area contributed by atoms with Crippen LogP contribution in [-0.2, 0) is 20.6 Å². The van der Waals surface area contributed by atoms with Crippen LogP contribution in [0.15, 0.2) is 5.38 Å². The Morgan fingerprint density at radius 1 is 1.24 bits per heavy atom. The second-order valence-electron chi connectivity index (χ2n) is 6.70. The maximum absolute atomic E-state index is 13.6. The number of amides is 1. The second-order valence-corrected chi connectivity index (χ2v) is 9.49. The predicted molar refractivity (Wildman–Crippen MR) is 101 cm³/mol. The molecule has 0 aliphatic carbocycles. The summed E-state index contributed by atoms with van der Waals surface area (Å²) < 4.78 is 68.2. The highest BCUT2D eigenvalue weighted by Gasteiger charge is 2.58. The summed E-state index contributed by atoms with van der Waals surface area (Å²) in [6.45, 7) is 5.35. The minimum absolute atomic E-state index is 0.0224. The van der Waals surface area contributed by atoms with Gasteiger partial charge >= 0.3 is 6.18 Å². The van der Waals surface area contributed by atoms with Crippen LogP contribution < -0.4 is 0 Å². The molecular formula is C16H25F3N4O4S2. The van der Waals surface area contributed by atoms with Crippen LogP contribution in [0.25, 0.3) is 0 Å². The number of nitrogens with zero attached hydrogens (tertiary/aromatic N) is 4. The van der Waals surface area contributed by atoms with Crippen molar-refractivity contribution in [1.82, 2.24) is 18.5 Å². The SMILES string of the molecule is CCN(CC)S(=O)(=O)N1CCN(C(=O)CC(O)(c2nc(C)cs2)C(F)(F)F)CC1. The van der Waals surface area contributed by atoms with E-state index in [0.717, 1.165) is 4.90 Å². The third-order valence-electron chi connectivity index (χ3n) is 4.80. The van der Waals surface area contributed by atoms with Crippen molar-refractivity contribution in [3.63, 3.8) is 0 Å². The van der Waals surface area contributed by atoms with Gasteiger partial charge in [0.25, 0.3) is 10.2 Å². The summed E-state index contributed by atoms with van der Waals surface area (Å²) in [5.74, 6) is -0.905. The molecule has 1 aliphatic heterocycles. The van der Waals surface area contributed by atoms with E-state index in [1.54, 1.807) is 13.8 Å². The fraction of sp³-hybridized carbons (Fsp3) is 0.750. The molecule has 1 aliphatic rings. The van der Waals surface area contributed by atoms with E-state index in [0.29, 0.717) is 30.1 Å². The molecule has 29 heavy (non-hydrogen) atoms. The van der Waals surface area contributed by atoms with Gasteiger partial charge in [0, 0.05) is 50.3 Å². The minimum atomic E-state index is -5.08. The Bertz CT molecular complexity index is 818. The number of aromatic nitrogens is 1. The van der Waals surface area contributed by atoms with Gasteiger partial charge in [0.1, 0.15) is 5.01 Å². The first-order chi connectivity index (χ1) is 13.4. The Labute approximate surface area is 172 Å². The number of carbonyl (C=O) groups is 1. The fourth-order valence-corrected chi connectivity index (χ4v) is 5.57. The first-order valence-corrected chi connectivity index (χ1v) is 11.4. The number of thiazole rings is 1. The van der Waals surface area contributed by atoms with E-state index in [4.69, 9.17) is 0 Å². The van der Waals surface area contributed by atoms with Gasteiger partial charge in [0.2, 0.25) is 11.5 Å². The molecule has 1 aromatic heterocycles. The topological polar surface area (TPSA) is 94.1 Å². The molecule has 0 saturated carbocycles. The van der Waals surface area contributed by atoms with Crippen molar-refractivity contribution in [2.75, 3.05) is 39.3 Å². The average molecular weight is 459 g/mol. The van der Waals surface area contributed by atoms with Gasteiger partial charge in [-0.1, -0.05) is 13.8 Å². The van der Waals surface area contributed by atoms with E-state index in [9.17, 15) is 31.5 Å². The van der Waals surface area contributed by atoms with E-state index < -0.39 is 39.3 Å². The van der Waals surface area contributed by atoms with Gasteiger partial charge in [-0.05, 0) is 6.92 Å². The quantitative estimate of drug-likeness (QED) is 0.665. The van der Waals surface area contributed by atoms with Crippen LogP contribution in [0.4, 0.5) is 13.2 Å². The largest absolute Gasteiger partial charge is 0.424 e. The number of hydrogen-bond acceptors (Lipinski definition) is 6. The van der Waals surface area contributed by atoms with Crippen molar-refractivity contribution in [2.24, 2.45) is 0 Å². The summed E-state index contributed by atoms with van der Waals surface area (Å²) in [6.07, 6.45) is -6.28. The van der Waals surface area contributed by atoms with Crippen LogP contribution in [0.2, 0.25) is 0 Å². The molecule has 1 saturated heterocycles. The van der Waals surface area contributed by atoms with Crippen LogP contribution >= 0.6 is 11.3 Å². The van der Waals surface area contributed by atoms with E-state index in [2.05, 4.69) is 4.98 Å². The van der Waals surface area contributed by atoms with Crippen LogP contribution in [0.3, 0.4) is 0 Å². The molecule has 0 bridgehead atoms. The van der Waals surface area contributed by atoms with E-state index in [-0.39, 0.29) is 26.2 Å². The van der Waals surface area contributed by atoms with Gasteiger partial charge in [-0.3, -0.25) is 4.79 Å². The summed E-state index contributed by atoms with van der Waals surface area (Å²) in [6, 6.07) is 0. The molecule has 8 nitrogen and oxygen atoms in total. The van der Waals surface area contributed by atoms with E-state index in [1.165, 1.54) is 20.9 Å². The third-order valence-corrected chi connectivity index (χ3v) is 8.10. The van der Waals surface area contributed by atoms with Crippen LogP contribution in [0, 0.1) is 6.92 Å². The second kappa shape index (κ2) is 8.84. The summed E-state index contributed by atoms with van der Waals surface area (Å²) in [5.41, 5.74) is -3.07. The molecule has 1 fully saturated rings. The highest BCUT2D eigenvalue weighted by molar-refractivity contribution is 7.86. The molecule has 2 rings (SSSR count). The lowest BCUT2D eigenvalue weighted by atomic mass is 9.98. The Balaban J connectivity index is 2.10. The van der Waals surface area contributed by atoms with E-state index in [1.807, 2.05) is 0 Å². The maximum Gasteiger partial charge on any atom is 0.424 e. The molecule has 1 amide bonds. The molecule has 1 N–H and O–H groups in total. The molecular weight excluding hydrogens is 433 g/mol. The molecule has 0 radical (unpaired) electrons. The van der Waals surface area contributed by atoms with Crippen molar-refractivity contribution in [2.45, 2.75) is 39.0 Å². The average Bonchev–Trinajstić information content (AvgIpc) is 3.08. The van der Waals surface area contributed by atoms with Gasteiger partial charge in [0.15, 0.2) is 0 Å². The highest BCUT2D eigenvalue weighted by atomic mass is 32.2. The zero-order valence-electron chi connectivity index (χ0n) is 16.4. The lowest BCUT2D eigenvalue weighted by Crippen LogP contribution is -2.55. The predicted octanol–water partition coefficient (Wildman–Crippen LogP) is 1.32. The number of piperazine rings is 1. The summed E-state index contributed by atoms with van der Waals surface area (Å²) in [5, 5.41) is 11.1. The third kappa shape index (κ3) is 4.90. The number of halogens is 3. The van der Waals surface area contributed by atoms with Gasteiger partial charge < -0.3 is 10.0 Å². The van der Waals surface area contributed by atoms with Gasteiger partial charge in [-0.2, -0.15) is 30.2 Å². The number of hydrogen-bond donors (Lipinski definition) is 1. The lowest BCUT2D eigenvalue weighted by molar-refractivity contribution is -0.268. The minimum Gasteiger partial charge on any atom is -0.374 e. The van der Waals surface area contributed by atoms with Gasteiger partial charge in [0.05, 0.1) is 6.42 Å². The molecule has 1 aromatic rings. The fourth-order valence-electron chi connectivity index (χ4n) is 3.05.